The van der Waals surface area contributed by atoms with Gasteiger partial charge in [0.25, 0.3) is 0 Å². The van der Waals surface area contributed by atoms with Gasteiger partial charge in [-0.15, -0.1) is 0 Å². The maximum Gasteiger partial charge on any atom is 0.234 e. The lowest BCUT2D eigenvalue weighted by Crippen LogP contribution is -2.48. The number of sulfonamides is 1. The van der Waals surface area contributed by atoms with E-state index in [2.05, 4.69) is 10.0 Å². The lowest BCUT2D eigenvalue weighted by molar-refractivity contribution is -0.123. The summed E-state index contributed by atoms with van der Waals surface area (Å²) in [5, 5.41) is 2.75. The van der Waals surface area contributed by atoms with Gasteiger partial charge in [-0.1, -0.05) is 6.07 Å². The SMILES string of the molecule is CC(Cc1c(F)cccc1F)NC(=O)CN1CCC(NS(C)(=O)=O)CC1. The van der Waals surface area contributed by atoms with E-state index in [1.165, 1.54) is 18.2 Å². The molecule has 26 heavy (non-hydrogen) atoms. The van der Waals surface area contributed by atoms with Gasteiger partial charge in [0.2, 0.25) is 15.9 Å². The Labute approximate surface area is 153 Å². The van der Waals surface area contributed by atoms with Crippen LogP contribution in [0.25, 0.3) is 0 Å². The highest BCUT2D eigenvalue weighted by molar-refractivity contribution is 7.88. The Balaban J connectivity index is 1.77. The molecule has 0 saturated carbocycles. The molecule has 1 aromatic rings. The largest absolute Gasteiger partial charge is 0.352 e. The highest BCUT2D eigenvalue weighted by atomic mass is 32.2. The first kappa shape index (κ1) is 20.7. The first-order valence-corrected chi connectivity index (χ1v) is 10.4. The molecule has 0 aliphatic carbocycles. The molecule has 1 atom stereocenters. The van der Waals surface area contributed by atoms with E-state index in [0.29, 0.717) is 25.9 Å². The molecule has 1 aromatic carbocycles. The van der Waals surface area contributed by atoms with Crippen LogP contribution in [0.1, 0.15) is 25.3 Å². The third-order valence-electron chi connectivity index (χ3n) is 4.31. The van der Waals surface area contributed by atoms with E-state index >= 15 is 0 Å². The van der Waals surface area contributed by atoms with Crippen LogP contribution in [0.2, 0.25) is 0 Å². The Morgan fingerprint density at radius 1 is 1.27 bits per heavy atom. The number of nitrogens with one attached hydrogen (secondary N) is 2. The fraction of sp³-hybridized carbons (Fsp3) is 0.588. The Kier molecular flexibility index (Phi) is 7.08. The third kappa shape index (κ3) is 6.62. The number of likely N-dealkylation sites (tertiary alicyclic amines) is 1. The molecule has 1 aliphatic heterocycles. The zero-order chi connectivity index (χ0) is 19.3. The maximum absolute atomic E-state index is 13.7. The molecule has 1 unspecified atom stereocenters. The van der Waals surface area contributed by atoms with E-state index in [1.54, 1.807) is 6.92 Å². The number of carbonyl (C=O) groups excluding carboxylic acids is 1. The van der Waals surface area contributed by atoms with Crippen molar-refractivity contribution in [2.75, 3.05) is 25.9 Å². The van der Waals surface area contributed by atoms with E-state index in [4.69, 9.17) is 0 Å². The highest BCUT2D eigenvalue weighted by Gasteiger charge is 2.23. The van der Waals surface area contributed by atoms with E-state index < -0.39 is 27.7 Å². The number of carbonyl (C=O) groups is 1. The average Bonchev–Trinajstić information content (AvgIpc) is 2.51. The second-order valence-corrected chi connectivity index (χ2v) is 8.59. The summed E-state index contributed by atoms with van der Waals surface area (Å²) in [5.41, 5.74) is -0.0343. The fourth-order valence-electron chi connectivity index (χ4n) is 3.12. The zero-order valence-corrected chi connectivity index (χ0v) is 15.8. The summed E-state index contributed by atoms with van der Waals surface area (Å²) in [4.78, 5) is 14.1. The molecule has 9 heteroatoms. The number of rotatable bonds is 7. The average molecular weight is 389 g/mol. The van der Waals surface area contributed by atoms with Crippen LogP contribution in [0.4, 0.5) is 8.78 Å². The summed E-state index contributed by atoms with van der Waals surface area (Å²) in [6.07, 6.45) is 2.48. The molecule has 6 nitrogen and oxygen atoms in total. The summed E-state index contributed by atoms with van der Waals surface area (Å²) in [5.74, 6) is -1.46. The fourth-order valence-corrected chi connectivity index (χ4v) is 3.96. The Morgan fingerprint density at radius 3 is 2.38 bits per heavy atom. The molecule has 146 valence electrons. The van der Waals surface area contributed by atoms with Crippen LogP contribution >= 0.6 is 0 Å². The van der Waals surface area contributed by atoms with Gasteiger partial charge in [0.05, 0.1) is 12.8 Å². The van der Waals surface area contributed by atoms with Crippen molar-refractivity contribution in [3.8, 4) is 0 Å². The molecule has 0 radical (unpaired) electrons. The molecule has 0 spiro atoms. The van der Waals surface area contributed by atoms with E-state index in [-0.39, 0.29) is 30.5 Å². The van der Waals surface area contributed by atoms with E-state index in [9.17, 15) is 22.0 Å². The second kappa shape index (κ2) is 8.88. The third-order valence-corrected chi connectivity index (χ3v) is 5.08. The molecule has 2 N–H and O–H groups in total. The van der Waals surface area contributed by atoms with Crippen LogP contribution in [0.15, 0.2) is 18.2 Å². The minimum Gasteiger partial charge on any atom is -0.352 e. The first-order chi connectivity index (χ1) is 12.1. The zero-order valence-electron chi connectivity index (χ0n) is 15.0. The van der Waals surface area contributed by atoms with Crippen molar-refractivity contribution in [1.82, 2.24) is 14.9 Å². The van der Waals surface area contributed by atoms with Gasteiger partial charge in [0, 0.05) is 30.7 Å². The number of piperidine rings is 1. The minimum absolute atomic E-state index is 0.0343. The van der Waals surface area contributed by atoms with E-state index in [0.717, 1.165) is 6.26 Å². The van der Waals surface area contributed by atoms with Gasteiger partial charge in [0.15, 0.2) is 0 Å². The topological polar surface area (TPSA) is 78.5 Å². The molecule has 1 aliphatic rings. The van der Waals surface area contributed by atoms with Gasteiger partial charge < -0.3 is 5.32 Å². The van der Waals surface area contributed by atoms with Crippen LogP contribution < -0.4 is 10.0 Å². The molecular weight excluding hydrogens is 364 g/mol. The van der Waals surface area contributed by atoms with Crippen LogP contribution in [0.5, 0.6) is 0 Å². The first-order valence-electron chi connectivity index (χ1n) is 8.56. The minimum atomic E-state index is -3.23. The van der Waals surface area contributed by atoms with Crippen LogP contribution in [-0.4, -0.2) is 57.2 Å². The lowest BCUT2D eigenvalue weighted by Gasteiger charge is -2.31. The summed E-state index contributed by atoms with van der Waals surface area (Å²) in [7, 11) is -3.23. The van der Waals surface area contributed by atoms with Gasteiger partial charge in [-0.3, -0.25) is 9.69 Å². The Morgan fingerprint density at radius 2 is 1.85 bits per heavy atom. The summed E-state index contributed by atoms with van der Waals surface area (Å²) in [6.45, 7) is 3.09. The van der Waals surface area contributed by atoms with Crippen molar-refractivity contribution in [2.24, 2.45) is 0 Å². The molecule has 1 heterocycles. The van der Waals surface area contributed by atoms with Gasteiger partial charge in [0.1, 0.15) is 11.6 Å². The normalized spacial score (nSPS) is 17.8. The standard InChI is InChI=1S/C17H25F2N3O3S/c1-12(10-14-15(18)4-3-5-16(14)19)20-17(23)11-22-8-6-13(7-9-22)21-26(2,24)25/h3-5,12-13,21H,6-11H2,1-2H3,(H,20,23). The smallest absolute Gasteiger partial charge is 0.234 e. The number of hydrogen-bond acceptors (Lipinski definition) is 4. The van der Waals surface area contributed by atoms with Crippen LogP contribution in [-0.2, 0) is 21.2 Å². The Bertz CT molecular complexity index is 715. The van der Waals surface area contributed by atoms with Crippen LogP contribution in [0.3, 0.4) is 0 Å². The van der Waals surface area contributed by atoms with Gasteiger partial charge in [-0.05, 0) is 38.3 Å². The number of hydrogen-bond donors (Lipinski definition) is 2. The summed E-state index contributed by atoms with van der Waals surface area (Å²) < 4.78 is 52.4. The molecule has 1 amide bonds. The summed E-state index contributed by atoms with van der Waals surface area (Å²) >= 11 is 0. The molecular formula is C17H25F2N3O3S. The second-order valence-electron chi connectivity index (χ2n) is 6.81. The van der Waals surface area contributed by atoms with Crippen molar-refractivity contribution >= 4 is 15.9 Å². The molecule has 1 saturated heterocycles. The van der Waals surface area contributed by atoms with Crippen molar-refractivity contribution in [3.63, 3.8) is 0 Å². The quantitative estimate of drug-likeness (QED) is 0.730. The van der Waals surface area contributed by atoms with Gasteiger partial charge >= 0.3 is 0 Å². The van der Waals surface area contributed by atoms with Gasteiger partial charge in [-0.2, -0.15) is 0 Å². The van der Waals surface area contributed by atoms with Crippen LogP contribution in [0, 0.1) is 11.6 Å². The molecule has 0 aromatic heterocycles. The summed E-state index contributed by atoms with van der Waals surface area (Å²) in [6, 6.07) is 3.19. The molecule has 0 bridgehead atoms. The van der Waals surface area contributed by atoms with E-state index in [1.807, 2.05) is 4.90 Å². The van der Waals surface area contributed by atoms with Crippen molar-refractivity contribution < 1.29 is 22.0 Å². The number of benzene rings is 1. The highest BCUT2D eigenvalue weighted by Crippen LogP contribution is 2.14. The Hall–Kier alpha value is -1.58. The molecule has 2 rings (SSSR count). The predicted octanol–water partition coefficient (Wildman–Crippen LogP) is 1.03. The lowest BCUT2D eigenvalue weighted by atomic mass is 10.1. The van der Waals surface area contributed by atoms with Crippen molar-refractivity contribution in [2.45, 2.75) is 38.3 Å². The monoisotopic (exact) mass is 389 g/mol. The predicted molar refractivity (Wildman–Crippen MR) is 95.1 cm³/mol. The number of nitrogens with zero attached hydrogens (tertiary/aromatic N) is 1. The molecule has 1 fully saturated rings. The van der Waals surface area contributed by atoms with Crippen molar-refractivity contribution in [1.29, 1.82) is 0 Å². The maximum atomic E-state index is 13.7. The number of halogens is 2. The number of amides is 1. The van der Waals surface area contributed by atoms with Gasteiger partial charge in [-0.25, -0.2) is 21.9 Å². The van der Waals surface area contributed by atoms with Crippen molar-refractivity contribution in [3.05, 3.63) is 35.4 Å².